The lowest BCUT2D eigenvalue weighted by atomic mass is 9.87. The summed E-state index contributed by atoms with van der Waals surface area (Å²) >= 11 is 0. The van der Waals surface area contributed by atoms with Gasteiger partial charge in [0.05, 0.1) is 0 Å². The van der Waals surface area contributed by atoms with Crippen molar-refractivity contribution in [3.8, 4) is 0 Å². The zero-order valence-electron chi connectivity index (χ0n) is 12.6. The van der Waals surface area contributed by atoms with Crippen LogP contribution in [0, 0.1) is 11.6 Å². The molecule has 2 nitrogen and oxygen atoms in total. The molecule has 2 aromatic carbocycles. The van der Waals surface area contributed by atoms with Gasteiger partial charge in [0, 0.05) is 12.3 Å². The quantitative estimate of drug-likeness (QED) is 0.763. The molecular weight excluding hydrogens is 286 g/mol. The second kappa shape index (κ2) is 7.16. The number of benzene rings is 2. The molecule has 0 heterocycles. The molecule has 2 aromatic rings. The minimum absolute atomic E-state index is 0.281. The van der Waals surface area contributed by atoms with Gasteiger partial charge in [0.25, 0.3) is 0 Å². The minimum atomic E-state index is -0.441. The molecule has 22 heavy (non-hydrogen) atoms. The summed E-state index contributed by atoms with van der Waals surface area (Å²) in [5.74, 6) is -1.25. The molecule has 0 bridgehead atoms. The molecule has 1 unspecified atom stereocenters. The number of hydrogen-bond acceptors (Lipinski definition) is 2. The van der Waals surface area contributed by atoms with Crippen LogP contribution in [0.3, 0.4) is 0 Å². The van der Waals surface area contributed by atoms with Crippen LogP contribution >= 0.6 is 0 Å². The van der Waals surface area contributed by atoms with Crippen LogP contribution in [-0.2, 0) is 9.53 Å². The Morgan fingerprint density at radius 1 is 0.955 bits per heavy atom. The molecule has 0 N–H and O–H groups in total. The first-order chi connectivity index (χ1) is 10.5. The Hall–Kier alpha value is -2.23. The number of hydrogen-bond donors (Lipinski definition) is 0. The molecule has 116 valence electrons. The fourth-order valence-electron chi connectivity index (χ4n) is 2.43. The molecule has 0 spiro atoms. The standard InChI is InChI=1S/C18H18F2O2/c1-3-17(21)22-12(2)18(13-4-8-15(19)9-5-13)14-6-10-16(20)11-7-14/h4-12,18H,3H2,1-2H3. The summed E-state index contributed by atoms with van der Waals surface area (Å²) in [7, 11) is 0. The third kappa shape index (κ3) is 3.91. The number of carbonyl (C=O) groups excluding carboxylic acids is 1. The maximum Gasteiger partial charge on any atom is 0.305 e. The van der Waals surface area contributed by atoms with E-state index in [1.165, 1.54) is 24.3 Å². The fraction of sp³-hybridized carbons (Fsp3) is 0.278. The van der Waals surface area contributed by atoms with Gasteiger partial charge in [-0.2, -0.15) is 0 Å². The zero-order chi connectivity index (χ0) is 16.1. The van der Waals surface area contributed by atoms with Gasteiger partial charge in [-0.1, -0.05) is 31.2 Å². The molecule has 0 aliphatic rings. The Morgan fingerprint density at radius 3 is 1.73 bits per heavy atom. The highest BCUT2D eigenvalue weighted by atomic mass is 19.1. The molecule has 0 aliphatic carbocycles. The third-order valence-corrected chi connectivity index (χ3v) is 3.53. The van der Waals surface area contributed by atoms with E-state index in [0.717, 1.165) is 11.1 Å². The van der Waals surface area contributed by atoms with E-state index in [0.29, 0.717) is 0 Å². The molecule has 4 heteroatoms. The highest BCUT2D eigenvalue weighted by Crippen LogP contribution is 2.30. The van der Waals surface area contributed by atoms with Gasteiger partial charge in [-0.3, -0.25) is 4.79 Å². The van der Waals surface area contributed by atoms with Gasteiger partial charge < -0.3 is 4.74 Å². The first-order valence-electron chi connectivity index (χ1n) is 7.21. The zero-order valence-corrected chi connectivity index (χ0v) is 12.6. The Bertz CT molecular complexity index is 575. The van der Waals surface area contributed by atoms with Gasteiger partial charge in [-0.15, -0.1) is 0 Å². The van der Waals surface area contributed by atoms with E-state index in [4.69, 9.17) is 4.74 Å². The van der Waals surface area contributed by atoms with E-state index in [1.54, 1.807) is 38.1 Å². The van der Waals surface area contributed by atoms with E-state index >= 15 is 0 Å². The number of ether oxygens (including phenoxy) is 1. The van der Waals surface area contributed by atoms with Crippen LogP contribution in [0.25, 0.3) is 0 Å². The van der Waals surface area contributed by atoms with Crippen molar-refractivity contribution in [1.82, 2.24) is 0 Å². The van der Waals surface area contributed by atoms with Gasteiger partial charge in [-0.05, 0) is 42.3 Å². The van der Waals surface area contributed by atoms with Crippen LogP contribution in [0.4, 0.5) is 8.78 Å². The second-order valence-corrected chi connectivity index (χ2v) is 5.13. The largest absolute Gasteiger partial charge is 0.462 e. The number of esters is 1. The number of carbonyl (C=O) groups is 1. The SMILES string of the molecule is CCC(=O)OC(C)C(c1ccc(F)cc1)c1ccc(F)cc1. The van der Waals surface area contributed by atoms with Crippen molar-refractivity contribution in [2.24, 2.45) is 0 Å². The fourth-order valence-corrected chi connectivity index (χ4v) is 2.43. The Kier molecular flexibility index (Phi) is 5.26. The molecule has 0 radical (unpaired) electrons. The predicted octanol–water partition coefficient (Wildman–Crippen LogP) is 4.44. The predicted molar refractivity (Wildman–Crippen MR) is 80.5 cm³/mol. The smallest absolute Gasteiger partial charge is 0.305 e. The number of halogens is 2. The highest BCUT2D eigenvalue weighted by molar-refractivity contribution is 5.69. The van der Waals surface area contributed by atoms with E-state index in [-0.39, 0.29) is 29.9 Å². The van der Waals surface area contributed by atoms with Crippen LogP contribution in [0.5, 0.6) is 0 Å². The van der Waals surface area contributed by atoms with Gasteiger partial charge in [-0.25, -0.2) is 8.78 Å². The lowest BCUT2D eigenvalue weighted by molar-refractivity contribution is -0.148. The third-order valence-electron chi connectivity index (χ3n) is 3.53. The van der Waals surface area contributed by atoms with Crippen molar-refractivity contribution >= 4 is 5.97 Å². The van der Waals surface area contributed by atoms with Crippen molar-refractivity contribution in [3.05, 3.63) is 71.3 Å². The van der Waals surface area contributed by atoms with Gasteiger partial charge in [0.15, 0.2) is 0 Å². The van der Waals surface area contributed by atoms with E-state index in [1.807, 2.05) is 0 Å². The maximum atomic E-state index is 13.1. The first-order valence-corrected chi connectivity index (χ1v) is 7.21. The van der Waals surface area contributed by atoms with E-state index < -0.39 is 6.10 Å². The van der Waals surface area contributed by atoms with Crippen molar-refractivity contribution in [1.29, 1.82) is 0 Å². The number of rotatable bonds is 5. The highest BCUT2D eigenvalue weighted by Gasteiger charge is 2.24. The van der Waals surface area contributed by atoms with Crippen LogP contribution in [0.15, 0.2) is 48.5 Å². The average Bonchev–Trinajstić information content (AvgIpc) is 2.51. The Balaban J connectivity index is 2.37. The molecule has 0 fully saturated rings. The Labute approximate surface area is 128 Å². The first kappa shape index (κ1) is 16.1. The average molecular weight is 304 g/mol. The minimum Gasteiger partial charge on any atom is -0.462 e. The van der Waals surface area contributed by atoms with Gasteiger partial charge >= 0.3 is 5.97 Å². The molecule has 0 amide bonds. The molecular formula is C18H18F2O2. The summed E-state index contributed by atoms with van der Waals surface area (Å²) in [5.41, 5.74) is 1.62. The van der Waals surface area contributed by atoms with Crippen LogP contribution < -0.4 is 0 Å². The summed E-state index contributed by atoms with van der Waals surface area (Å²) in [6.07, 6.45) is -0.160. The maximum absolute atomic E-state index is 13.1. The van der Waals surface area contributed by atoms with E-state index in [9.17, 15) is 13.6 Å². The monoisotopic (exact) mass is 304 g/mol. The molecule has 0 saturated carbocycles. The second-order valence-electron chi connectivity index (χ2n) is 5.13. The molecule has 2 rings (SSSR count). The molecule has 0 aliphatic heterocycles. The van der Waals surface area contributed by atoms with Gasteiger partial charge in [0.2, 0.25) is 0 Å². The lowest BCUT2D eigenvalue weighted by Gasteiger charge is -2.25. The summed E-state index contributed by atoms with van der Waals surface area (Å²) in [5, 5.41) is 0. The summed E-state index contributed by atoms with van der Waals surface area (Å²) in [4.78, 5) is 11.6. The van der Waals surface area contributed by atoms with Gasteiger partial charge in [0.1, 0.15) is 17.7 Å². The van der Waals surface area contributed by atoms with Crippen molar-refractivity contribution in [2.45, 2.75) is 32.3 Å². The topological polar surface area (TPSA) is 26.3 Å². The molecule has 0 aromatic heterocycles. The van der Waals surface area contributed by atoms with Crippen molar-refractivity contribution in [2.75, 3.05) is 0 Å². The summed E-state index contributed by atoms with van der Waals surface area (Å²) in [6, 6.07) is 12.1. The van der Waals surface area contributed by atoms with Crippen LogP contribution in [-0.4, -0.2) is 12.1 Å². The summed E-state index contributed by atoms with van der Waals surface area (Å²) < 4.78 is 31.7. The van der Waals surface area contributed by atoms with Crippen molar-refractivity contribution in [3.63, 3.8) is 0 Å². The molecule has 1 atom stereocenters. The van der Waals surface area contributed by atoms with Crippen LogP contribution in [0.2, 0.25) is 0 Å². The van der Waals surface area contributed by atoms with E-state index in [2.05, 4.69) is 0 Å². The van der Waals surface area contributed by atoms with Crippen LogP contribution in [0.1, 0.15) is 37.3 Å². The summed E-state index contributed by atoms with van der Waals surface area (Å²) in [6.45, 7) is 3.50. The van der Waals surface area contributed by atoms with Crippen molar-refractivity contribution < 1.29 is 18.3 Å². The normalized spacial score (nSPS) is 12.2. The Morgan fingerprint density at radius 2 is 1.36 bits per heavy atom. The molecule has 0 saturated heterocycles. The lowest BCUT2D eigenvalue weighted by Crippen LogP contribution is -2.23.